The van der Waals surface area contributed by atoms with Crippen LogP contribution in [0, 0.1) is 12.7 Å². The molecule has 0 saturated carbocycles. The van der Waals surface area contributed by atoms with Gasteiger partial charge in [-0.2, -0.15) is 4.31 Å². The molecule has 0 aromatic heterocycles. The van der Waals surface area contributed by atoms with Crippen molar-refractivity contribution in [2.45, 2.75) is 25.2 Å². The van der Waals surface area contributed by atoms with Crippen LogP contribution in [0.4, 0.5) is 10.1 Å². The van der Waals surface area contributed by atoms with Crippen LogP contribution >= 0.6 is 0 Å². The van der Waals surface area contributed by atoms with E-state index in [1.165, 1.54) is 13.0 Å². The number of nitrogens with two attached hydrogens (primary N) is 1. The van der Waals surface area contributed by atoms with Gasteiger partial charge in [0.2, 0.25) is 10.0 Å². The highest BCUT2D eigenvalue weighted by molar-refractivity contribution is 7.89. The number of nitrogen functional groups attached to an aromatic ring is 1. The molecular formula is C13H19FN2O4S. The van der Waals surface area contributed by atoms with Gasteiger partial charge in [0, 0.05) is 12.2 Å². The number of esters is 1. The van der Waals surface area contributed by atoms with Crippen LogP contribution in [-0.2, 0) is 19.6 Å². The Labute approximate surface area is 123 Å². The summed E-state index contributed by atoms with van der Waals surface area (Å²) in [5.74, 6) is -1.58. The largest absolute Gasteiger partial charge is 0.468 e. The van der Waals surface area contributed by atoms with Gasteiger partial charge in [0.05, 0.1) is 7.11 Å². The molecular weight excluding hydrogens is 299 g/mol. The highest BCUT2D eigenvalue weighted by Crippen LogP contribution is 2.24. The first kappa shape index (κ1) is 17.4. The maximum Gasteiger partial charge on any atom is 0.321 e. The second-order valence-corrected chi connectivity index (χ2v) is 6.47. The zero-order chi connectivity index (χ0) is 16.2. The Morgan fingerprint density at radius 2 is 2.05 bits per heavy atom. The minimum absolute atomic E-state index is 0.0741. The van der Waals surface area contributed by atoms with Crippen LogP contribution in [0.3, 0.4) is 0 Å². The summed E-state index contributed by atoms with van der Waals surface area (Å²) in [5.41, 5.74) is 5.85. The van der Waals surface area contributed by atoms with Crippen molar-refractivity contribution >= 4 is 21.7 Å². The summed E-state index contributed by atoms with van der Waals surface area (Å²) in [6, 6.07) is 2.40. The number of sulfonamides is 1. The number of hydrogen-bond acceptors (Lipinski definition) is 5. The Kier molecular flexibility index (Phi) is 5.68. The average Bonchev–Trinajstić information content (AvgIpc) is 2.41. The van der Waals surface area contributed by atoms with Crippen molar-refractivity contribution in [1.82, 2.24) is 4.31 Å². The average molecular weight is 318 g/mol. The number of rotatable bonds is 6. The lowest BCUT2D eigenvalue weighted by Gasteiger charge is -2.21. The fraction of sp³-hybridized carbons (Fsp3) is 0.462. The Morgan fingerprint density at radius 3 is 2.57 bits per heavy atom. The lowest BCUT2D eigenvalue weighted by atomic mass is 10.2. The SMILES string of the molecule is CCCN(CC(=O)OC)S(=O)(=O)c1cc(N)cc(C)c1F. The molecule has 21 heavy (non-hydrogen) atoms. The molecule has 0 saturated heterocycles. The summed E-state index contributed by atoms with van der Waals surface area (Å²) in [4.78, 5) is 10.8. The van der Waals surface area contributed by atoms with Gasteiger partial charge in [-0.25, -0.2) is 12.8 Å². The maximum atomic E-state index is 14.1. The van der Waals surface area contributed by atoms with E-state index in [0.717, 1.165) is 17.5 Å². The molecule has 0 bridgehead atoms. The number of halogens is 1. The van der Waals surface area contributed by atoms with Crippen molar-refractivity contribution in [3.63, 3.8) is 0 Å². The summed E-state index contributed by atoms with van der Waals surface area (Å²) in [7, 11) is -3.01. The van der Waals surface area contributed by atoms with E-state index in [9.17, 15) is 17.6 Å². The number of benzene rings is 1. The van der Waals surface area contributed by atoms with Gasteiger partial charge in [0.25, 0.3) is 0 Å². The van der Waals surface area contributed by atoms with Crippen LogP contribution in [0.2, 0.25) is 0 Å². The molecule has 0 spiro atoms. The molecule has 0 aliphatic rings. The molecule has 0 heterocycles. The minimum atomic E-state index is -4.17. The second kappa shape index (κ2) is 6.86. The quantitative estimate of drug-likeness (QED) is 0.630. The molecule has 0 fully saturated rings. The molecule has 1 aromatic carbocycles. The number of aryl methyl sites for hydroxylation is 1. The monoisotopic (exact) mass is 318 g/mol. The Bertz CT molecular complexity index is 631. The summed E-state index contributed by atoms with van der Waals surface area (Å²) >= 11 is 0. The highest BCUT2D eigenvalue weighted by Gasteiger charge is 2.30. The van der Waals surface area contributed by atoms with E-state index in [4.69, 9.17) is 5.73 Å². The van der Waals surface area contributed by atoms with Crippen molar-refractivity contribution in [2.24, 2.45) is 0 Å². The molecule has 6 nitrogen and oxygen atoms in total. The van der Waals surface area contributed by atoms with Crippen LogP contribution in [0.15, 0.2) is 17.0 Å². The molecule has 1 aromatic rings. The number of nitrogens with zero attached hydrogens (tertiary/aromatic N) is 1. The predicted molar refractivity (Wildman–Crippen MR) is 76.6 cm³/mol. The first-order valence-corrected chi connectivity index (χ1v) is 7.80. The van der Waals surface area contributed by atoms with Crippen LogP contribution < -0.4 is 5.73 Å². The normalized spacial score (nSPS) is 11.7. The molecule has 0 aliphatic carbocycles. The van der Waals surface area contributed by atoms with Crippen molar-refractivity contribution in [3.8, 4) is 0 Å². The third-order valence-electron chi connectivity index (χ3n) is 2.87. The first-order chi connectivity index (χ1) is 9.73. The highest BCUT2D eigenvalue weighted by atomic mass is 32.2. The summed E-state index contributed by atoms with van der Waals surface area (Å²) in [6.07, 6.45) is 0.471. The topological polar surface area (TPSA) is 89.7 Å². The molecule has 0 radical (unpaired) electrons. The van der Waals surface area contributed by atoms with Gasteiger partial charge in [-0.15, -0.1) is 0 Å². The number of carbonyl (C=O) groups is 1. The molecule has 0 aliphatic heterocycles. The molecule has 0 atom stereocenters. The van der Waals surface area contributed by atoms with Crippen LogP contribution in [0.25, 0.3) is 0 Å². The van der Waals surface area contributed by atoms with E-state index < -0.39 is 33.3 Å². The summed E-state index contributed by atoms with van der Waals surface area (Å²) in [5, 5.41) is 0. The van der Waals surface area contributed by atoms with Gasteiger partial charge < -0.3 is 10.5 Å². The van der Waals surface area contributed by atoms with Crippen molar-refractivity contribution in [1.29, 1.82) is 0 Å². The predicted octanol–water partition coefficient (Wildman–Crippen LogP) is 1.29. The fourth-order valence-corrected chi connectivity index (χ4v) is 3.48. The van der Waals surface area contributed by atoms with Gasteiger partial charge in [0.15, 0.2) is 0 Å². The standard InChI is InChI=1S/C13H19FN2O4S/c1-4-5-16(8-12(17)20-3)21(18,19)11-7-10(15)6-9(2)13(11)14/h6-7H,4-5,8,15H2,1-3H3. The molecule has 2 N–H and O–H groups in total. The summed E-state index contributed by atoms with van der Waals surface area (Å²) < 4.78 is 44.5. The van der Waals surface area contributed by atoms with E-state index in [-0.39, 0.29) is 17.8 Å². The van der Waals surface area contributed by atoms with Gasteiger partial charge >= 0.3 is 5.97 Å². The van der Waals surface area contributed by atoms with Crippen LogP contribution in [0.1, 0.15) is 18.9 Å². The molecule has 0 unspecified atom stereocenters. The third-order valence-corrected chi connectivity index (χ3v) is 4.71. The lowest BCUT2D eigenvalue weighted by Crippen LogP contribution is -2.37. The minimum Gasteiger partial charge on any atom is -0.468 e. The lowest BCUT2D eigenvalue weighted by molar-refractivity contribution is -0.140. The smallest absolute Gasteiger partial charge is 0.321 e. The van der Waals surface area contributed by atoms with E-state index in [0.29, 0.717) is 6.42 Å². The van der Waals surface area contributed by atoms with E-state index in [1.807, 2.05) is 0 Å². The van der Waals surface area contributed by atoms with Gasteiger partial charge in [0.1, 0.15) is 17.3 Å². The van der Waals surface area contributed by atoms with Crippen LogP contribution in [0.5, 0.6) is 0 Å². The number of ether oxygens (including phenoxy) is 1. The Morgan fingerprint density at radius 1 is 1.43 bits per heavy atom. The molecule has 0 amide bonds. The Balaban J connectivity index is 3.32. The van der Waals surface area contributed by atoms with E-state index in [2.05, 4.69) is 4.74 Å². The molecule has 118 valence electrons. The Hall–Kier alpha value is -1.67. The third kappa shape index (κ3) is 3.92. The van der Waals surface area contributed by atoms with E-state index >= 15 is 0 Å². The zero-order valence-corrected chi connectivity index (χ0v) is 13.0. The maximum absolute atomic E-state index is 14.1. The van der Waals surface area contributed by atoms with Gasteiger partial charge in [-0.3, -0.25) is 4.79 Å². The first-order valence-electron chi connectivity index (χ1n) is 6.36. The number of methoxy groups -OCH3 is 1. The van der Waals surface area contributed by atoms with Crippen molar-refractivity contribution in [2.75, 3.05) is 25.9 Å². The van der Waals surface area contributed by atoms with Gasteiger partial charge in [-0.1, -0.05) is 6.92 Å². The zero-order valence-electron chi connectivity index (χ0n) is 12.2. The molecule has 1 rings (SSSR count). The molecule has 8 heteroatoms. The number of anilines is 1. The van der Waals surface area contributed by atoms with Crippen molar-refractivity contribution < 1.29 is 22.3 Å². The van der Waals surface area contributed by atoms with Crippen molar-refractivity contribution in [3.05, 3.63) is 23.5 Å². The van der Waals surface area contributed by atoms with E-state index in [1.54, 1.807) is 6.92 Å². The van der Waals surface area contributed by atoms with Crippen LogP contribution in [-0.4, -0.2) is 38.9 Å². The number of hydrogen-bond donors (Lipinski definition) is 1. The summed E-state index contributed by atoms with van der Waals surface area (Å²) in [6.45, 7) is 2.78. The fourth-order valence-electron chi connectivity index (χ4n) is 1.83. The number of carbonyl (C=O) groups excluding carboxylic acids is 1. The van der Waals surface area contributed by atoms with Gasteiger partial charge in [-0.05, 0) is 31.0 Å². The second-order valence-electron chi connectivity index (χ2n) is 4.56.